The van der Waals surface area contributed by atoms with Crippen LogP contribution >= 0.6 is 0 Å². The van der Waals surface area contributed by atoms with Crippen LogP contribution in [0.5, 0.6) is 0 Å². The smallest absolute Gasteiger partial charge is 0.315 e. The first-order valence-electron chi connectivity index (χ1n) is 8.65. The number of rotatable bonds is 5. The second kappa shape index (κ2) is 6.92. The van der Waals surface area contributed by atoms with Crippen LogP contribution in [0, 0.1) is 0 Å². The molecular formula is C20H20N4O2. The van der Waals surface area contributed by atoms with E-state index in [0.29, 0.717) is 13.1 Å². The van der Waals surface area contributed by atoms with Gasteiger partial charge in [-0.15, -0.1) is 0 Å². The quantitative estimate of drug-likeness (QED) is 0.569. The van der Waals surface area contributed by atoms with E-state index in [1.807, 2.05) is 42.6 Å². The van der Waals surface area contributed by atoms with E-state index in [-0.39, 0.29) is 17.9 Å². The van der Waals surface area contributed by atoms with Gasteiger partial charge in [-0.3, -0.25) is 4.79 Å². The third kappa shape index (κ3) is 3.13. The molecule has 1 aromatic heterocycles. The van der Waals surface area contributed by atoms with Gasteiger partial charge >= 0.3 is 6.03 Å². The van der Waals surface area contributed by atoms with Crippen LogP contribution < -0.4 is 16.0 Å². The van der Waals surface area contributed by atoms with Gasteiger partial charge in [0.15, 0.2) is 0 Å². The molecule has 3 aromatic rings. The van der Waals surface area contributed by atoms with E-state index in [2.05, 4.69) is 39.1 Å². The number of para-hydroxylation sites is 1. The van der Waals surface area contributed by atoms with Gasteiger partial charge in [0.1, 0.15) is 6.04 Å². The van der Waals surface area contributed by atoms with Crippen LogP contribution in [-0.2, 0) is 4.79 Å². The van der Waals surface area contributed by atoms with Crippen LogP contribution in [0.3, 0.4) is 0 Å². The zero-order valence-corrected chi connectivity index (χ0v) is 14.2. The van der Waals surface area contributed by atoms with Crippen molar-refractivity contribution in [1.82, 2.24) is 20.9 Å². The fourth-order valence-corrected chi connectivity index (χ4v) is 3.41. The predicted octanol–water partition coefficient (Wildman–Crippen LogP) is 2.10. The lowest BCUT2D eigenvalue weighted by atomic mass is 9.91. The molecule has 0 aliphatic carbocycles. The van der Waals surface area contributed by atoms with Crippen molar-refractivity contribution in [2.45, 2.75) is 12.0 Å². The van der Waals surface area contributed by atoms with Crippen molar-refractivity contribution in [3.8, 4) is 0 Å². The highest BCUT2D eigenvalue weighted by Gasteiger charge is 2.27. The monoisotopic (exact) mass is 348 g/mol. The molecule has 6 heteroatoms. The van der Waals surface area contributed by atoms with Gasteiger partial charge in [-0.1, -0.05) is 48.5 Å². The molecule has 2 aromatic carbocycles. The predicted molar refractivity (Wildman–Crippen MR) is 99.9 cm³/mol. The molecule has 132 valence electrons. The van der Waals surface area contributed by atoms with Crippen LogP contribution in [0.25, 0.3) is 10.9 Å². The standard InChI is InChI=1S/C20H20N4O2/c25-19(18-12-23-20(26)24-18)22-10-15(13-6-2-1-3-7-13)16-11-21-17-9-5-4-8-14(16)17/h1-9,11,15,18,21H,10,12H2,(H,22,25)(H2,23,24,26)/t15-,18-/m1/s1. The topological polar surface area (TPSA) is 86.0 Å². The van der Waals surface area contributed by atoms with E-state index in [0.717, 1.165) is 22.0 Å². The minimum absolute atomic E-state index is 0.0152. The molecule has 6 nitrogen and oxygen atoms in total. The van der Waals surface area contributed by atoms with E-state index in [1.54, 1.807) is 0 Å². The van der Waals surface area contributed by atoms with Gasteiger partial charge in [0.2, 0.25) is 5.91 Å². The highest BCUT2D eigenvalue weighted by molar-refractivity contribution is 5.90. The minimum Gasteiger partial charge on any atom is -0.361 e. The molecule has 0 saturated carbocycles. The third-order valence-electron chi connectivity index (χ3n) is 4.77. The van der Waals surface area contributed by atoms with Crippen LogP contribution in [0.2, 0.25) is 0 Å². The number of carbonyl (C=O) groups is 2. The molecule has 1 aliphatic rings. The average molecular weight is 348 g/mol. The molecule has 1 aliphatic heterocycles. The first-order valence-corrected chi connectivity index (χ1v) is 8.65. The van der Waals surface area contributed by atoms with Crippen molar-refractivity contribution < 1.29 is 9.59 Å². The van der Waals surface area contributed by atoms with Gasteiger partial charge in [0, 0.05) is 36.1 Å². The summed E-state index contributed by atoms with van der Waals surface area (Å²) in [7, 11) is 0. The molecule has 3 amide bonds. The molecule has 4 rings (SSSR count). The Labute approximate surface area is 151 Å². The largest absolute Gasteiger partial charge is 0.361 e. The van der Waals surface area contributed by atoms with Crippen molar-refractivity contribution in [2.24, 2.45) is 0 Å². The Morgan fingerprint density at radius 2 is 1.88 bits per heavy atom. The Balaban J connectivity index is 1.60. The molecular weight excluding hydrogens is 328 g/mol. The van der Waals surface area contributed by atoms with Crippen LogP contribution in [0.1, 0.15) is 17.0 Å². The van der Waals surface area contributed by atoms with Crippen molar-refractivity contribution >= 4 is 22.8 Å². The summed E-state index contributed by atoms with van der Waals surface area (Å²) in [5.41, 5.74) is 3.34. The van der Waals surface area contributed by atoms with Gasteiger partial charge in [0.05, 0.1) is 0 Å². The third-order valence-corrected chi connectivity index (χ3v) is 4.77. The number of fused-ring (bicyclic) bond motifs is 1. The summed E-state index contributed by atoms with van der Waals surface area (Å²) in [6.07, 6.45) is 2.01. The number of benzene rings is 2. The number of amides is 3. The zero-order valence-electron chi connectivity index (χ0n) is 14.2. The number of carbonyl (C=O) groups excluding carboxylic acids is 2. The van der Waals surface area contributed by atoms with Crippen molar-refractivity contribution in [3.63, 3.8) is 0 Å². The van der Waals surface area contributed by atoms with E-state index in [1.165, 1.54) is 0 Å². The Bertz CT molecular complexity index is 935. The normalized spacial score (nSPS) is 17.5. The Morgan fingerprint density at radius 1 is 1.12 bits per heavy atom. The number of aromatic amines is 1. The summed E-state index contributed by atoms with van der Waals surface area (Å²) in [6, 6.07) is 17.4. The second-order valence-electron chi connectivity index (χ2n) is 6.40. The molecule has 0 unspecified atom stereocenters. The summed E-state index contributed by atoms with van der Waals surface area (Å²) in [6.45, 7) is 0.769. The van der Waals surface area contributed by atoms with E-state index >= 15 is 0 Å². The fourth-order valence-electron chi connectivity index (χ4n) is 3.41. The zero-order chi connectivity index (χ0) is 17.9. The Morgan fingerprint density at radius 3 is 2.65 bits per heavy atom. The van der Waals surface area contributed by atoms with Crippen LogP contribution in [-0.4, -0.2) is 36.1 Å². The molecule has 2 atom stereocenters. The van der Waals surface area contributed by atoms with Gasteiger partial charge in [0.25, 0.3) is 0 Å². The summed E-state index contributed by atoms with van der Waals surface area (Å²) >= 11 is 0. The Kier molecular flexibility index (Phi) is 4.31. The van der Waals surface area contributed by atoms with Crippen LogP contribution in [0.15, 0.2) is 60.8 Å². The maximum absolute atomic E-state index is 12.4. The lowest BCUT2D eigenvalue weighted by Crippen LogP contribution is -2.44. The maximum atomic E-state index is 12.4. The highest BCUT2D eigenvalue weighted by atomic mass is 16.2. The van der Waals surface area contributed by atoms with Crippen molar-refractivity contribution in [1.29, 1.82) is 0 Å². The van der Waals surface area contributed by atoms with Gasteiger partial charge < -0.3 is 20.9 Å². The lowest BCUT2D eigenvalue weighted by molar-refractivity contribution is -0.122. The number of hydrogen-bond donors (Lipinski definition) is 4. The molecule has 2 heterocycles. The Hall–Kier alpha value is -3.28. The summed E-state index contributed by atoms with van der Waals surface area (Å²) in [5, 5.41) is 9.35. The lowest BCUT2D eigenvalue weighted by Gasteiger charge is -2.19. The van der Waals surface area contributed by atoms with Crippen LogP contribution in [0.4, 0.5) is 4.79 Å². The number of urea groups is 1. The summed E-state index contributed by atoms with van der Waals surface area (Å²) < 4.78 is 0. The van der Waals surface area contributed by atoms with Crippen molar-refractivity contribution in [2.75, 3.05) is 13.1 Å². The fraction of sp³-hybridized carbons (Fsp3) is 0.200. The molecule has 0 bridgehead atoms. The second-order valence-corrected chi connectivity index (χ2v) is 6.40. The van der Waals surface area contributed by atoms with Crippen molar-refractivity contribution in [3.05, 3.63) is 71.9 Å². The molecule has 26 heavy (non-hydrogen) atoms. The van der Waals surface area contributed by atoms with Gasteiger partial charge in [-0.25, -0.2) is 4.79 Å². The number of H-pyrrole nitrogens is 1. The number of aromatic nitrogens is 1. The first-order chi connectivity index (χ1) is 12.7. The highest BCUT2D eigenvalue weighted by Crippen LogP contribution is 2.30. The molecule has 1 saturated heterocycles. The number of nitrogens with one attached hydrogen (secondary N) is 4. The van der Waals surface area contributed by atoms with Gasteiger partial charge in [-0.05, 0) is 17.2 Å². The first kappa shape index (κ1) is 16.2. The number of hydrogen-bond acceptors (Lipinski definition) is 2. The van der Waals surface area contributed by atoms with E-state index in [4.69, 9.17) is 0 Å². The average Bonchev–Trinajstić information content (AvgIpc) is 3.29. The SMILES string of the molecule is O=C1NC[C@H](C(=O)NC[C@H](c2ccccc2)c2c[nH]c3ccccc23)N1. The van der Waals surface area contributed by atoms with Gasteiger partial charge in [-0.2, -0.15) is 0 Å². The molecule has 0 radical (unpaired) electrons. The van der Waals surface area contributed by atoms with E-state index in [9.17, 15) is 9.59 Å². The molecule has 4 N–H and O–H groups in total. The molecule has 1 fully saturated rings. The summed E-state index contributed by atoms with van der Waals surface area (Å²) in [4.78, 5) is 26.9. The van der Waals surface area contributed by atoms with E-state index < -0.39 is 6.04 Å². The molecule has 0 spiro atoms. The minimum atomic E-state index is -0.526. The maximum Gasteiger partial charge on any atom is 0.315 e. The summed E-state index contributed by atoms with van der Waals surface area (Å²) in [5.74, 6) is -0.162.